The zero-order valence-corrected chi connectivity index (χ0v) is 10.1. The van der Waals surface area contributed by atoms with Gasteiger partial charge >= 0.3 is 6.18 Å². The molecule has 0 N–H and O–H groups in total. The number of halogens is 4. The number of fused-ring (bicyclic) bond motifs is 1. The zero-order chi connectivity index (χ0) is 13.3. The molecule has 2 aromatic rings. The third-order valence-electron chi connectivity index (χ3n) is 2.28. The van der Waals surface area contributed by atoms with Gasteiger partial charge in [0.25, 0.3) is 0 Å². The molecular formula is C10H9ClF3N3O. The average molecular weight is 280 g/mol. The number of hydrogen-bond acceptors (Lipinski definition) is 3. The molecule has 0 amide bonds. The van der Waals surface area contributed by atoms with Crippen LogP contribution in [0.15, 0.2) is 12.4 Å². The summed E-state index contributed by atoms with van der Waals surface area (Å²) in [5, 5.41) is -0.590. The summed E-state index contributed by atoms with van der Waals surface area (Å²) in [7, 11) is 0. The van der Waals surface area contributed by atoms with Gasteiger partial charge in [-0.2, -0.15) is 13.2 Å². The smallest absolute Gasteiger partial charge is 0.361 e. The van der Waals surface area contributed by atoms with Gasteiger partial charge in [0.2, 0.25) is 0 Å². The minimum atomic E-state index is -4.54. The lowest BCUT2D eigenvalue weighted by Gasteiger charge is -2.08. The Morgan fingerprint density at radius 2 is 2.17 bits per heavy atom. The maximum atomic E-state index is 12.6. The third kappa shape index (κ3) is 2.41. The maximum Gasteiger partial charge on any atom is 0.419 e. The van der Waals surface area contributed by atoms with E-state index in [0.717, 1.165) is 6.07 Å². The van der Waals surface area contributed by atoms with Crippen LogP contribution in [0.4, 0.5) is 13.2 Å². The monoisotopic (exact) mass is 279 g/mol. The van der Waals surface area contributed by atoms with Crippen LogP contribution in [0.1, 0.15) is 12.5 Å². The molecule has 0 aromatic carbocycles. The molecule has 4 nitrogen and oxygen atoms in total. The minimum Gasteiger partial charge on any atom is -0.361 e. The van der Waals surface area contributed by atoms with Crippen molar-refractivity contribution in [2.45, 2.75) is 19.8 Å². The molecule has 98 valence electrons. The van der Waals surface area contributed by atoms with E-state index in [0.29, 0.717) is 6.61 Å². The third-order valence-corrected chi connectivity index (χ3v) is 2.57. The first-order chi connectivity index (χ1) is 8.43. The molecule has 0 unspecified atom stereocenters. The molecule has 18 heavy (non-hydrogen) atoms. The van der Waals surface area contributed by atoms with Crippen LogP contribution in [-0.2, 0) is 17.6 Å². The molecule has 0 saturated carbocycles. The predicted molar refractivity (Wildman–Crippen MR) is 59.2 cm³/mol. The molecule has 0 bridgehead atoms. The van der Waals surface area contributed by atoms with E-state index >= 15 is 0 Å². The SMILES string of the molecule is CCOCn1cnc2cc(C(F)(F)F)c(Cl)nc21. The lowest BCUT2D eigenvalue weighted by atomic mass is 10.2. The van der Waals surface area contributed by atoms with Gasteiger partial charge in [-0.15, -0.1) is 0 Å². The van der Waals surface area contributed by atoms with E-state index in [9.17, 15) is 13.2 Å². The Hall–Kier alpha value is -1.34. The summed E-state index contributed by atoms with van der Waals surface area (Å²) < 4.78 is 44.4. The van der Waals surface area contributed by atoms with Gasteiger partial charge < -0.3 is 4.74 Å². The Labute approximate surface area is 105 Å². The van der Waals surface area contributed by atoms with E-state index in [2.05, 4.69) is 9.97 Å². The molecule has 0 spiro atoms. The van der Waals surface area contributed by atoms with Crippen LogP contribution in [0.2, 0.25) is 5.15 Å². The van der Waals surface area contributed by atoms with Crippen molar-refractivity contribution in [3.05, 3.63) is 23.1 Å². The minimum absolute atomic E-state index is 0.131. The van der Waals surface area contributed by atoms with Crippen LogP contribution in [-0.4, -0.2) is 21.1 Å². The number of pyridine rings is 1. The summed E-state index contributed by atoms with van der Waals surface area (Å²) >= 11 is 5.54. The number of hydrogen-bond donors (Lipinski definition) is 0. The summed E-state index contributed by atoms with van der Waals surface area (Å²) in [6, 6.07) is 0.882. The second-order valence-electron chi connectivity index (χ2n) is 3.50. The van der Waals surface area contributed by atoms with Gasteiger partial charge in [0.05, 0.1) is 11.9 Å². The first kappa shape index (κ1) is 13.1. The molecule has 0 atom stereocenters. The van der Waals surface area contributed by atoms with Crippen LogP contribution in [0.25, 0.3) is 11.2 Å². The molecule has 2 aromatic heterocycles. The van der Waals surface area contributed by atoms with Gasteiger partial charge in [0.1, 0.15) is 17.4 Å². The lowest BCUT2D eigenvalue weighted by Crippen LogP contribution is -2.08. The molecule has 0 aliphatic rings. The van der Waals surface area contributed by atoms with Gasteiger partial charge in [-0.3, -0.25) is 4.57 Å². The fourth-order valence-corrected chi connectivity index (χ4v) is 1.69. The van der Waals surface area contributed by atoms with E-state index in [1.54, 1.807) is 6.92 Å². The highest BCUT2D eigenvalue weighted by molar-refractivity contribution is 6.30. The largest absolute Gasteiger partial charge is 0.419 e. The number of aromatic nitrogens is 3. The normalized spacial score (nSPS) is 12.3. The Kier molecular flexibility index (Phi) is 3.45. The van der Waals surface area contributed by atoms with Gasteiger partial charge in [-0.1, -0.05) is 11.6 Å². The second kappa shape index (κ2) is 4.74. The summed E-state index contributed by atoms with van der Waals surface area (Å²) in [6.07, 6.45) is -3.17. The number of imidazole rings is 1. The summed E-state index contributed by atoms with van der Waals surface area (Å²) in [5.41, 5.74) is -0.591. The Bertz CT molecular complexity index is 567. The van der Waals surface area contributed by atoms with E-state index in [1.165, 1.54) is 10.9 Å². The van der Waals surface area contributed by atoms with Crippen molar-refractivity contribution < 1.29 is 17.9 Å². The van der Waals surface area contributed by atoms with Crippen molar-refractivity contribution in [2.24, 2.45) is 0 Å². The zero-order valence-electron chi connectivity index (χ0n) is 9.33. The van der Waals surface area contributed by atoms with Crippen molar-refractivity contribution in [1.29, 1.82) is 0 Å². The Balaban J connectivity index is 2.49. The first-order valence-corrected chi connectivity index (χ1v) is 5.47. The lowest BCUT2D eigenvalue weighted by molar-refractivity contribution is -0.137. The molecule has 0 aliphatic heterocycles. The van der Waals surface area contributed by atoms with Crippen molar-refractivity contribution in [3.8, 4) is 0 Å². The highest BCUT2D eigenvalue weighted by atomic mass is 35.5. The van der Waals surface area contributed by atoms with Gasteiger partial charge in [0, 0.05) is 6.61 Å². The van der Waals surface area contributed by atoms with Crippen molar-refractivity contribution in [3.63, 3.8) is 0 Å². The molecule has 0 fully saturated rings. The van der Waals surface area contributed by atoms with E-state index in [4.69, 9.17) is 16.3 Å². The molecule has 2 rings (SSSR count). The maximum absolute atomic E-state index is 12.6. The molecule has 0 radical (unpaired) electrons. The molecular weight excluding hydrogens is 271 g/mol. The van der Waals surface area contributed by atoms with Crippen LogP contribution < -0.4 is 0 Å². The molecule has 8 heteroatoms. The number of ether oxygens (including phenoxy) is 1. The van der Waals surface area contributed by atoms with E-state index < -0.39 is 16.9 Å². The Morgan fingerprint density at radius 3 is 2.78 bits per heavy atom. The second-order valence-corrected chi connectivity index (χ2v) is 3.86. The summed E-state index contributed by atoms with van der Waals surface area (Å²) in [4.78, 5) is 7.57. The van der Waals surface area contributed by atoms with E-state index in [-0.39, 0.29) is 17.9 Å². The summed E-state index contributed by atoms with van der Waals surface area (Å²) in [5.74, 6) is 0. The van der Waals surface area contributed by atoms with Crippen molar-refractivity contribution in [2.75, 3.05) is 6.61 Å². The van der Waals surface area contributed by atoms with Gasteiger partial charge in [0.15, 0.2) is 5.65 Å². The van der Waals surface area contributed by atoms with Crippen LogP contribution in [0, 0.1) is 0 Å². The standard InChI is InChI=1S/C10H9ClF3N3O/c1-2-18-5-17-4-15-7-3-6(10(12,13)14)8(11)16-9(7)17/h3-4H,2,5H2,1H3. The number of alkyl halides is 3. The fourth-order valence-electron chi connectivity index (χ4n) is 1.45. The molecule has 2 heterocycles. The van der Waals surface area contributed by atoms with Crippen molar-refractivity contribution >= 4 is 22.8 Å². The highest BCUT2D eigenvalue weighted by Gasteiger charge is 2.34. The number of rotatable bonds is 3. The van der Waals surface area contributed by atoms with Gasteiger partial charge in [-0.25, -0.2) is 9.97 Å². The number of nitrogens with zero attached hydrogens (tertiary/aromatic N) is 3. The van der Waals surface area contributed by atoms with Crippen LogP contribution in [0.3, 0.4) is 0 Å². The highest BCUT2D eigenvalue weighted by Crippen LogP contribution is 2.35. The summed E-state index contributed by atoms with van der Waals surface area (Å²) in [6.45, 7) is 2.46. The van der Waals surface area contributed by atoms with Crippen molar-refractivity contribution in [1.82, 2.24) is 14.5 Å². The quantitative estimate of drug-likeness (QED) is 0.811. The van der Waals surface area contributed by atoms with Crippen LogP contribution in [0.5, 0.6) is 0 Å². The average Bonchev–Trinajstić information content (AvgIpc) is 2.66. The molecule has 0 saturated heterocycles. The molecule has 0 aliphatic carbocycles. The van der Waals surface area contributed by atoms with Gasteiger partial charge in [-0.05, 0) is 13.0 Å². The Morgan fingerprint density at radius 1 is 1.44 bits per heavy atom. The fraction of sp³-hybridized carbons (Fsp3) is 0.400. The topological polar surface area (TPSA) is 39.9 Å². The predicted octanol–water partition coefficient (Wildman–Crippen LogP) is 3.10. The van der Waals surface area contributed by atoms with Crippen LogP contribution >= 0.6 is 11.6 Å². The first-order valence-electron chi connectivity index (χ1n) is 5.09. The van der Waals surface area contributed by atoms with E-state index in [1.807, 2.05) is 0 Å².